The number of anilines is 1. The monoisotopic (exact) mass is 470 g/mol. The number of fused-ring (bicyclic) bond motifs is 1. The van der Waals surface area contributed by atoms with E-state index in [0.717, 1.165) is 102 Å². The first-order valence-corrected chi connectivity index (χ1v) is 13.2. The van der Waals surface area contributed by atoms with Crippen molar-refractivity contribution >= 4 is 17.5 Å². The molecule has 3 heterocycles. The molecule has 4 rings (SSSR count). The largest absolute Gasteiger partial charge is 0.381 e. The fraction of sp³-hybridized carbons (Fsp3) is 0.704. The normalized spacial score (nSPS) is 22.5. The predicted molar refractivity (Wildman–Crippen MR) is 135 cm³/mol. The molecule has 0 N–H and O–H groups in total. The van der Waals surface area contributed by atoms with E-state index in [1.54, 1.807) is 6.92 Å². The van der Waals surface area contributed by atoms with E-state index in [4.69, 9.17) is 4.74 Å². The van der Waals surface area contributed by atoms with E-state index in [0.29, 0.717) is 6.04 Å². The van der Waals surface area contributed by atoms with Gasteiger partial charge in [-0.1, -0.05) is 19.3 Å². The molecule has 0 radical (unpaired) electrons. The Morgan fingerprint density at radius 2 is 1.56 bits per heavy atom. The van der Waals surface area contributed by atoms with E-state index in [2.05, 4.69) is 22.9 Å². The minimum atomic E-state index is 0.0778. The zero-order valence-electron chi connectivity index (χ0n) is 21.1. The molecule has 0 spiro atoms. The van der Waals surface area contributed by atoms with Gasteiger partial charge in [-0.3, -0.25) is 14.5 Å². The Hall–Kier alpha value is -1.96. The summed E-state index contributed by atoms with van der Waals surface area (Å²) in [4.78, 5) is 34.8. The summed E-state index contributed by atoms with van der Waals surface area (Å²) in [6, 6.07) is 6.52. The van der Waals surface area contributed by atoms with Crippen LogP contribution >= 0.6 is 0 Å². The number of likely N-dealkylation sites (N-methyl/N-ethyl adjacent to an activating group) is 1. The number of hydrogen-bond acceptors (Lipinski definition) is 5. The average Bonchev–Trinajstić information content (AvgIpc) is 2.84. The van der Waals surface area contributed by atoms with Gasteiger partial charge in [0.1, 0.15) is 0 Å². The Balaban J connectivity index is 1.65. The summed E-state index contributed by atoms with van der Waals surface area (Å²) in [5.74, 6) is 0.183. The molecule has 0 unspecified atom stereocenters. The molecule has 3 aliphatic heterocycles. The van der Waals surface area contributed by atoms with E-state index in [1.807, 2.05) is 21.9 Å². The van der Waals surface area contributed by atoms with Crippen LogP contribution in [0.4, 0.5) is 5.69 Å². The highest BCUT2D eigenvalue weighted by molar-refractivity contribution is 5.97. The Labute approximate surface area is 205 Å². The molecule has 7 heteroatoms. The van der Waals surface area contributed by atoms with Crippen molar-refractivity contribution in [1.82, 2.24) is 14.7 Å². The molecule has 1 aromatic carbocycles. The van der Waals surface area contributed by atoms with Gasteiger partial charge in [0.25, 0.3) is 5.91 Å². The van der Waals surface area contributed by atoms with Crippen LogP contribution in [-0.4, -0.2) is 92.1 Å². The number of carbonyl (C=O) groups excluding carboxylic acids is 2. The summed E-state index contributed by atoms with van der Waals surface area (Å²) in [5, 5.41) is 0. The van der Waals surface area contributed by atoms with Gasteiger partial charge in [0.2, 0.25) is 5.91 Å². The SMILES string of the molecule is CC(=O)N1CCCCCCCN(C2CCOCC2)Cc2cc(C(=O)N3CCN(C)CC3)ccc21. The van der Waals surface area contributed by atoms with Crippen LogP contribution in [0, 0.1) is 0 Å². The number of piperazine rings is 1. The quantitative estimate of drug-likeness (QED) is 0.663. The van der Waals surface area contributed by atoms with Gasteiger partial charge in [-0.2, -0.15) is 0 Å². The van der Waals surface area contributed by atoms with E-state index >= 15 is 0 Å². The number of rotatable bonds is 2. The Morgan fingerprint density at radius 1 is 0.882 bits per heavy atom. The van der Waals surface area contributed by atoms with Crippen molar-refractivity contribution in [2.24, 2.45) is 0 Å². The lowest BCUT2D eigenvalue weighted by molar-refractivity contribution is -0.116. The second-order valence-corrected chi connectivity index (χ2v) is 10.2. The van der Waals surface area contributed by atoms with Gasteiger partial charge in [0, 0.05) is 76.7 Å². The molecule has 0 aromatic heterocycles. The highest BCUT2D eigenvalue weighted by Gasteiger charge is 2.26. The second kappa shape index (κ2) is 12.1. The third-order valence-electron chi connectivity index (χ3n) is 7.70. The summed E-state index contributed by atoms with van der Waals surface area (Å²) in [5.41, 5.74) is 2.81. The number of hydrogen-bond donors (Lipinski definition) is 0. The topological polar surface area (TPSA) is 56.3 Å². The molecule has 0 saturated carbocycles. The Morgan fingerprint density at radius 3 is 2.26 bits per heavy atom. The van der Waals surface area contributed by atoms with Crippen LogP contribution in [0.25, 0.3) is 0 Å². The molecule has 0 bridgehead atoms. The van der Waals surface area contributed by atoms with E-state index in [1.165, 1.54) is 19.3 Å². The number of amides is 2. The summed E-state index contributed by atoms with van der Waals surface area (Å²) < 4.78 is 5.64. The van der Waals surface area contributed by atoms with Crippen LogP contribution in [-0.2, 0) is 16.1 Å². The molecule has 188 valence electrons. The lowest BCUT2D eigenvalue weighted by atomic mass is 10.0. The lowest BCUT2D eigenvalue weighted by Crippen LogP contribution is -2.47. The molecule has 7 nitrogen and oxygen atoms in total. The van der Waals surface area contributed by atoms with Gasteiger partial charge >= 0.3 is 0 Å². The van der Waals surface area contributed by atoms with Crippen molar-refractivity contribution in [1.29, 1.82) is 0 Å². The highest BCUT2D eigenvalue weighted by Crippen LogP contribution is 2.28. The van der Waals surface area contributed by atoms with Gasteiger partial charge in [0.15, 0.2) is 0 Å². The molecule has 34 heavy (non-hydrogen) atoms. The van der Waals surface area contributed by atoms with Gasteiger partial charge in [-0.15, -0.1) is 0 Å². The average molecular weight is 471 g/mol. The zero-order chi connectivity index (χ0) is 23.9. The molecule has 0 atom stereocenters. The van der Waals surface area contributed by atoms with Gasteiger partial charge in [0.05, 0.1) is 0 Å². The number of carbonyl (C=O) groups is 2. The minimum absolute atomic E-state index is 0.0778. The fourth-order valence-electron chi connectivity index (χ4n) is 5.52. The predicted octanol–water partition coefficient (Wildman–Crippen LogP) is 3.37. The highest BCUT2D eigenvalue weighted by atomic mass is 16.5. The van der Waals surface area contributed by atoms with Crippen molar-refractivity contribution in [3.8, 4) is 0 Å². The number of ether oxygens (including phenoxy) is 1. The summed E-state index contributed by atoms with van der Waals surface area (Å²) in [6.45, 7) is 9.21. The van der Waals surface area contributed by atoms with Crippen molar-refractivity contribution in [3.63, 3.8) is 0 Å². The number of benzene rings is 1. The smallest absolute Gasteiger partial charge is 0.253 e. The zero-order valence-corrected chi connectivity index (χ0v) is 21.1. The maximum atomic E-state index is 13.4. The maximum absolute atomic E-state index is 13.4. The first-order valence-electron chi connectivity index (χ1n) is 13.2. The van der Waals surface area contributed by atoms with Gasteiger partial charge in [-0.25, -0.2) is 0 Å². The first-order chi connectivity index (χ1) is 16.5. The van der Waals surface area contributed by atoms with Crippen molar-refractivity contribution in [3.05, 3.63) is 29.3 Å². The fourth-order valence-corrected chi connectivity index (χ4v) is 5.52. The first kappa shape index (κ1) is 25.1. The summed E-state index contributed by atoms with van der Waals surface area (Å²) in [6.07, 6.45) is 7.91. The van der Waals surface area contributed by atoms with Crippen LogP contribution in [0.2, 0.25) is 0 Å². The molecule has 2 saturated heterocycles. The standard InChI is InChI=1S/C27H42N4O3/c1-22(32)31-13-7-5-3-4-6-12-30(25-10-18-34-19-11-25)21-24-20-23(8-9-26(24)31)27(33)29-16-14-28(2)15-17-29/h8-9,20,25H,3-7,10-19,21H2,1-2H3. The van der Waals surface area contributed by atoms with Crippen molar-refractivity contribution in [2.45, 2.75) is 64.5 Å². The van der Waals surface area contributed by atoms with Gasteiger partial charge < -0.3 is 19.4 Å². The van der Waals surface area contributed by atoms with Crippen LogP contribution in [0.15, 0.2) is 18.2 Å². The molecule has 2 fully saturated rings. The summed E-state index contributed by atoms with van der Waals surface area (Å²) >= 11 is 0. The van der Waals surface area contributed by atoms with Gasteiger partial charge in [-0.05, 0) is 63.0 Å². The molecular formula is C27H42N4O3. The van der Waals surface area contributed by atoms with Crippen LogP contribution in [0.5, 0.6) is 0 Å². The Bertz CT molecular complexity index is 831. The third-order valence-corrected chi connectivity index (χ3v) is 7.70. The van der Waals surface area contributed by atoms with Crippen molar-refractivity contribution in [2.75, 3.05) is 64.4 Å². The lowest BCUT2D eigenvalue weighted by Gasteiger charge is -2.36. The number of nitrogens with zero attached hydrogens (tertiary/aromatic N) is 4. The van der Waals surface area contributed by atoms with E-state index in [-0.39, 0.29) is 11.8 Å². The molecule has 3 aliphatic rings. The van der Waals surface area contributed by atoms with Crippen LogP contribution < -0.4 is 4.90 Å². The molecule has 0 aliphatic carbocycles. The Kier molecular flexibility index (Phi) is 8.98. The van der Waals surface area contributed by atoms with E-state index < -0.39 is 0 Å². The van der Waals surface area contributed by atoms with Crippen molar-refractivity contribution < 1.29 is 14.3 Å². The molecule has 2 amide bonds. The maximum Gasteiger partial charge on any atom is 0.253 e. The van der Waals surface area contributed by atoms with E-state index in [9.17, 15) is 9.59 Å². The minimum Gasteiger partial charge on any atom is -0.381 e. The summed E-state index contributed by atoms with van der Waals surface area (Å²) in [7, 11) is 2.10. The molecular weight excluding hydrogens is 428 g/mol. The third kappa shape index (κ3) is 6.37. The molecule has 1 aromatic rings. The van der Waals surface area contributed by atoms with Crippen LogP contribution in [0.1, 0.15) is 67.8 Å². The van der Waals surface area contributed by atoms with Crippen LogP contribution in [0.3, 0.4) is 0 Å². The second-order valence-electron chi connectivity index (χ2n) is 10.2.